The van der Waals surface area contributed by atoms with Crippen LogP contribution in [0.3, 0.4) is 0 Å². The minimum absolute atomic E-state index is 0.607. The molecule has 0 aliphatic rings. The number of hydrogen-bond acceptors (Lipinski definition) is 16. The Labute approximate surface area is 778 Å². The van der Waals surface area contributed by atoms with Gasteiger partial charge in [0.25, 0.3) is 0 Å². The third-order valence-electron chi connectivity index (χ3n) is 26.0. The topological polar surface area (TPSA) is 169 Å². The Morgan fingerprint density at radius 2 is 0.333 bits per heavy atom. The number of fused-ring (bicyclic) bond motifs is 27. The van der Waals surface area contributed by atoms with E-state index in [1.165, 1.54) is 60.5 Å². The highest BCUT2D eigenvalue weighted by Gasteiger charge is 2.24. The Kier molecular flexibility index (Phi) is 17.3. The van der Waals surface area contributed by atoms with Gasteiger partial charge >= 0.3 is 0 Å². The molecule has 30 rings (SSSR count). The summed E-state index contributed by atoms with van der Waals surface area (Å²) in [6, 6.07) is 136. The van der Waals surface area contributed by atoms with Crippen LogP contribution < -0.4 is 0 Å². The molecule has 135 heavy (non-hydrogen) atoms. The lowest BCUT2D eigenvalue weighted by atomic mass is 10.0. The summed E-state index contributed by atoms with van der Waals surface area (Å²) in [6.07, 6.45) is 0. The first-order chi connectivity index (χ1) is 66.7. The van der Waals surface area contributed by atoms with E-state index in [0.717, 1.165) is 204 Å². The number of furan rings is 6. The van der Waals surface area contributed by atoms with E-state index in [9.17, 15) is 0 Å². The van der Waals surface area contributed by atoms with Gasteiger partial charge in [-0.15, -0.1) is 34.0 Å². The van der Waals surface area contributed by atoms with Gasteiger partial charge in [0.15, 0.2) is 29.1 Å². The number of nitrogens with zero attached hydrogens (tertiary/aromatic N) is 7. The second-order valence-electron chi connectivity index (χ2n) is 34.0. The van der Waals surface area contributed by atoms with Gasteiger partial charge in [-0.3, -0.25) is 0 Å². The third kappa shape index (κ3) is 13.0. The molecule has 0 unspecified atom stereocenters. The Hall–Kier alpha value is -17.4. The molecule has 0 amide bonds. The number of aromatic nitrogens is 7. The molecule has 0 aliphatic heterocycles. The van der Waals surface area contributed by atoms with Crippen molar-refractivity contribution < 1.29 is 26.5 Å². The molecule has 0 atom stereocenters. The highest BCUT2D eigenvalue weighted by molar-refractivity contribution is 7.26. The first-order valence-electron chi connectivity index (χ1n) is 44.5. The van der Waals surface area contributed by atoms with Crippen molar-refractivity contribution in [1.29, 1.82) is 0 Å². The zero-order valence-corrected chi connectivity index (χ0v) is 73.8. The van der Waals surface area contributed by atoms with Crippen molar-refractivity contribution >= 4 is 226 Å². The van der Waals surface area contributed by atoms with Crippen molar-refractivity contribution in [2.24, 2.45) is 0 Å². The van der Waals surface area contributed by atoms with E-state index in [0.29, 0.717) is 29.1 Å². The van der Waals surface area contributed by atoms with Crippen molar-refractivity contribution in [2.45, 2.75) is 0 Å². The van der Waals surface area contributed by atoms with E-state index in [2.05, 4.69) is 237 Å². The van der Waals surface area contributed by atoms with Crippen LogP contribution in [0.15, 0.2) is 421 Å². The van der Waals surface area contributed by atoms with Crippen LogP contribution in [0.2, 0.25) is 0 Å². The molecule has 16 heteroatoms. The normalized spacial score (nSPS) is 12.0. The Morgan fingerprint density at radius 1 is 0.126 bits per heavy atom. The molecule has 0 N–H and O–H groups in total. The molecule has 30 aromatic rings. The molecule has 0 radical (unpaired) electrons. The molecule has 13 nitrogen and oxygen atoms in total. The van der Waals surface area contributed by atoms with Crippen molar-refractivity contribution in [3.05, 3.63) is 394 Å². The maximum Gasteiger partial charge on any atom is 0.164 e. The summed E-state index contributed by atoms with van der Waals surface area (Å²) < 4.78 is 44.3. The van der Waals surface area contributed by atoms with E-state index in [4.69, 9.17) is 61.4 Å². The van der Waals surface area contributed by atoms with E-state index in [1.54, 1.807) is 22.7 Å². The van der Waals surface area contributed by atoms with Crippen molar-refractivity contribution in [3.63, 3.8) is 0 Å². The smallest absolute Gasteiger partial charge is 0.164 e. The van der Waals surface area contributed by atoms with Gasteiger partial charge in [-0.05, 0) is 194 Å². The van der Waals surface area contributed by atoms with Crippen LogP contribution >= 0.6 is 34.0 Å². The lowest BCUT2D eigenvalue weighted by Crippen LogP contribution is -2.00. The van der Waals surface area contributed by atoms with Gasteiger partial charge in [0.05, 0.1) is 22.8 Å². The van der Waals surface area contributed by atoms with Gasteiger partial charge < -0.3 is 26.5 Å². The first-order valence-corrected chi connectivity index (χ1v) is 47.0. The van der Waals surface area contributed by atoms with Crippen LogP contribution in [0.25, 0.3) is 294 Å². The number of rotatable bonds is 9. The highest BCUT2D eigenvalue weighted by atomic mass is 32.1. The number of thiophene rings is 3. The van der Waals surface area contributed by atoms with Crippen LogP contribution in [0.1, 0.15) is 0 Å². The Morgan fingerprint density at radius 3 is 0.696 bits per heavy atom. The number of para-hydroxylation sites is 6. The highest BCUT2D eigenvalue weighted by Crippen LogP contribution is 2.46. The van der Waals surface area contributed by atoms with Gasteiger partial charge in [0.1, 0.15) is 67.0 Å². The molecule has 0 saturated carbocycles. The average Bonchev–Trinajstić information content (AvgIpc) is 1.66. The van der Waals surface area contributed by atoms with E-state index in [-0.39, 0.29) is 0 Å². The summed E-state index contributed by atoms with van der Waals surface area (Å²) in [5.74, 6) is 3.20. The van der Waals surface area contributed by atoms with Crippen LogP contribution in [-0.2, 0) is 0 Å². The lowest BCUT2D eigenvalue weighted by Gasteiger charge is -2.10. The Balaban J connectivity index is 0.000000101. The SMILES string of the molecule is c1ccc2c(c1)oc1cc(-c3cc(-c4ccc5sc6ccccc6c5c4)nc(-c4ccc5oc6ccccc6c5c4)n3)ccc12.c1ccc2c(c1)oc1ccc(-c3cc(-c4ccc5oc6ccccc6c5c4)nc(-c4ccc5c(c4)sc4ccccc45)n3)cc12.c1ccc2c(c1)oc1ccc(-c3nc(-c4ccc5c(c4)sc4ccccc45)nc(-c4ccc5oc6ccccc6c5c4)n3)cc12. The van der Waals surface area contributed by atoms with Gasteiger partial charge in [-0.1, -0.05) is 200 Å². The average molecular weight is 1790 g/mol. The molecule has 18 aromatic carbocycles. The largest absolute Gasteiger partial charge is 0.456 e. The van der Waals surface area contributed by atoms with Gasteiger partial charge in [0, 0.05) is 175 Å². The fourth-order valence-corrected chi connectivity index (χ4v) is 22.8. The Bertz CT molecular complexity index is 8880. The molecule has 12 heterocycles. The van der Waals surface area contributed by atoms with Crippen molar-refractivity contribution in [3.8, 4) is 102 Å². The summed E-state index contributed by atoms with van der Waals surface area (Å²) in [7, 11) is 0. The maximum absolute atomic E-state index is 6.25. The molecule has 0 saturated heterocycles. The molecule has 630 valence electrons. The zero-order chi connectivity index (χ0) is 88.5. The van der Waals surface area contributed by atoms with Gasteiger partial charge in [-0.2, -0.15) is 0 Å². The van der Waals surface area contributed by atoms with E-state index < -0.39 is 0 Å². The van der Waals surface area contributed by atoms with Crippen molar-refractivity contribution in [2.75, 3.05) is 0 Å². The molecular weight excluding hydrogens is 1720 g/mol. The molecule has 0 bridgehead atoms. The lowest BCUT2D eigenvalue weighted by molar-refractivity contribution is 0.668. The quantitative estimate of drug-likeness (QED) is 0.134. The minimum Gasteiger partial charge on any atom is -0.456 e. The molecule has 12 aromatic heterocycles. The summed E-state index contributed by atoms with van der Waals surface area (Å²) in [5, 5.41) is 20.4. The first kappa shape index (κ1) is 76.5. The fraction of sp³-hybridized carbons (Fsp3) is 0. The number of benzene rings is 18. The monoisotopic (exact) mass is 1780 g/mol. The van der Waals surface area contributed by atoms with Crippen molar-refractivity contribution in [1.82, 2.24) is 34.9 Å². The predicted octanol–water partition coefficient (Wildman–Crippen LogP) is 34.3. The predicted molar refractivity (Wildman–Crippen MR) is 555 cm³/mol. The standard InChI is InChI=1S/2C40H22N2O2S.C39H21N3O2S/c1-4-10-34-26(7-1)28-16-13-24(21-37(28)44-34)33-22-32(23-15-18-39-31(19-23)29-9-3-6-12-38(29)45-39)41-40(42-33)25-14-17-36-30(20-25)27-8-2-5-11-35(27)43-36;1-4-10-34-26(7-1)30-19-23(14-17-36(30)43-34)32-22-33(24-15-18-37-31(20-24)27-8-2-5-11-35(27)44-37)42-40(41-32)25-13-16-29-28-9-3-6-12-38(28)45-39(29)21-25;1-4-10-31-25(7-1)29-19-22(14-17-33(29)43-31)37-40-38(23-15-18-34-30(20-23)26-8-2-5-11-32(26)44-34)42-39(41-37)24-13-16-28-27-9-3-6-12-35(27)45-36(28)21-24/h2*1-22H;1-21H. The third-order valence-corrected chi connectivity index (χ3v) is 29.4. The fourth-order valence-electron chi connectivity index (χ4n) is 19.4. The van der Waals surface area contributed by atoms with Crippen LogP contribution in [-0.4, -0.2) is 34.9 Å². The minimum atomic E-state index is 0.607. The van der Waals surface area contributed by atoms with Gasteiger partial charge in [0.2, 0.25) is 0 Å². The maximum atomic E-state index is 6.25. The molecule has 0 spiro atoms. The summed E-state index contributed by atoms with van der Waals surface area (Å²) in [4.78, 5) is 35.9. The number of hydrogen-bond donors (Lipinski definition) is 0. The second-order valence-corrected chi connectivity index (χ2v) is 37.3. The molecule has 0 fully saturated rings. The van der Waals surface area contributed by atoms with Crippen LogP contribution in [0, 0.1) is 0 Å². The second kappa shape index (κ2) is 30.6. The van der Waals surface area contributed by atoms with E-state index >= 15 is 0 Å². The van der Waals surface area contributed by atoms with Gasteiger partial charge in [-0.25, -0.2) is 34.9 Å². The van der Waals surface area contributed by atoms with Crippen LogP contribution in [0.5, 0.6) is 0 Å². The van der Waals surface area contributed by atoms with Crippen LogP contribution in [0.4, 0.5) is 0 Å². The summed E-state index contributed by atoms with van der Waals surface area (Å²) in [6.45, 7) is 0. The zero-order valence-electron chi connectivity index (χ0n) is 71.3. The summed E-state index contributed by atoms with van der Waals surface area (Å²) >= 11 is 5.41. The molecule has 0 aliphatic carbocycles. The summed E-state index contributed by atoms with van der Waals surface area (Å²) in [5.41, 5.74) is 22.5. The molecular formula is C119H65N7O6S3. The van der Waals surface area contributed by atoms with E-state index in [1.807, 2.05) is 169 Å².